The third-order valence-electron chi connectivity index (χ3n) is 3.11. The van der Waals surface area contributed by atoms with Gasteiger partial charge in [0.1, 0.15) is 11.8 Å². The molecule has 21 heavy (non-hydrogen) atoms. The molecular formula is C16H15NO4. The van der Waals surface area contributed by atoms with Crippen LogP contribution >= 0.6 is 0 Å². The summed E-state index contributed by atoms with van der Waals surface area (Å²) in [7, 11) is 0. The number of phenolic OH excluding ortho intramolecular Hbond substituents is 1. The molecule has 0 heterocycles. The Bertz CT molecular complexity index is 622. The lowest BCUT2D eigenvalue weighted by molar-refractivity contribution is -0.119. The van der Waals surface area contributed by atoms with Crippen LogP contribution < -0.4 is 5.48 Å². The zero-order valence-corrected chi connectivity index (χ0v) is 11.2. The van der Waals surface area contributed by atoms with Gasteiger partial charge < -0.3 is 10.3 Å². The number of carbonyl (C=O) groups is 2. The normalized spacial score (nSPS) is 11.9. The van der Waals surface area contributed by atoms with E-state index in [0.717, 1.165) is 0 Å². The summed E-state index contributed by atoms with van der Waals surface area (Å²) in [6.07, 6.45) is 0.147. The second-order valence-corrected chi connectivity index (χ2v) is 4.61. The molecule has 2 aromatic rings. The van der Waals surface area contributed by atoms with Gasteiger partial charge in [0.05, 0.1) is 0 Å². The van der Waals surface area contributed by atoms with Crippen molar-refractivity contribution in [2.24, 2.45) is 0 Å². The van der Waals surface area contributed by atoms with Crippen LogP contribution in [-0.4, -0.2) is 27.9 Å². The summed E-state index contributed by atoms with van der Waals surface area (Å²) in [6, 6.07) is 13.4. The molecule has 0 saturated carbocycles. The first-order valence-electron chi connectivity index (χ1n) is 6.43. The molecule has 0 aromatic heterocycles. The highest BCUT2D eigenvalue weighted by molar-refractivity contribution is 6.45. The van der Waals surface area contributed by atoms with Gasteiger partial charge in [-0.3, -0.25) is 9.59 Å². The minimum Gasteiger partial charge on any atom is -0.508 e. The lowest BCUT2D eigenvalue weighted by atomic mass is 9.97. The largest absolute Gasteiger partial charge is 0.508 e. The first-order chi connectivity index (χ1) is 10.1. The molecule has 5 heteroatoms. The predicted molar refractivity (Wildman–Crippen MR) is 76.3 cm³/mol. The van der Waals surface area contributed by atoms with E-state index in [9.17, 15) is 14.7 Å². The number of phenols is 1. The topological polar surface area (TPSA) is 86.6 Å². The monoisotopic (exact) mass is 285 g/mol. The number of Topliss-reactive ketones (excluding diaryl/α,β-unsaturated/α-hetero) is 2. The highest BCUT2D eigenvalue weighted by Gasteiger charge is 2.25. The molecule has 0 aliphatic carbocycles. The standard InChI is InChI=1S/C16H15NO4/c18-13-8-6-11(7-9-13)10-14(17-21)16(20)15(19)12-4-2-1-3-5-12/h1-9,14,17-18,21H,10H2/t14-/m1/s1. The Morgan fingerprint density at radius 3 is 2.19 bits per heavy atom. The Hall–Kier alpha value is -2.50. The van der Waals surface area contributed by atoms with E-state index in [0.29, 0.717) is 5.56 Å². The maximum atomic E-state index is 12.1. The van der Waals surface area contributed by atoms with Crippen molar-refractivity contribution in [2.45, 2.75) is 12.5 Å². The lowest BCUT2D eigenvalue weighted by Gasteiger charge is -2.13. The van der Waals surface area contributed by atoms with E-state index in [1.54, 1.807) is 42.5 Å². The summed E-state index contributed by atoms with van der Waals surface area (Å²) in [5.74, 6) is -1.25. The number of carbonyl (C=O) groups excluding carboxylic acids is 2. The van der Waals surface area contributed by atoms with Crippen molar-refractivity contribution in [2.75, 3.05) is 0 Å². The summed E-state index contributed by atoms with van der Waals surface area (Å²) in [5.41, 5.74) is 2.88. The summed E-state index contributed by atoms with van der Waals surface area (Å²) in [6.45, 7) is 0. The fourth-order valence-electron chi connectivity index (χ4n) is 1.95. The van der Waals surface area contributed by atoms with Crippen LogP contribution in [0.3, 0.4) is 0 Å². The smallest absolute Gasteiger partial charge is 0.230 e. The van der Waals surface area contributed by atoms with E-state index in [4.69, 9.17) is 5.21 Å². The summed E-state index contributed by atoms with van der Waals surface area (Å²) in [4.78, 5) is 24.2. The lowest BCUT2D eigenvalue weighted by Crippen LogP contribution is -2.40. The molecule has 0 radical (unpaired) electrons. The SMILES string of the molecule is O=C(C(=O)[C@@H](Cc1ccc(O)cc1)NO)c1ccccc1. The van der Waals surface area contributed by atoms with E-state index in [1.165, 1.54) is 12.1 Å². The van der Waals surface area contributed by atoms with Crippen molar-refractivity contribution in [1.29, 1.82) is 0 Å². The molecule has 0 unspecified atom stereocenters. The quantitative estimate of drug-likeness (QED) is 0.427. The molecule has 5 nitrogen and oxygen atoms in total. The van der Waals surface area contributed by atoms with Gasteiger partial charge in [-0.1, -0.05) is 42.5 Å². The van der Waals surface area contributed by atoms with Gasteiger partial charge in [-0.25, -0.2) is 0 Å². The Balaban J connectivity index is 2.11. The molecule has 2 aromatic carbocycles. The van der Waals surface area contributed by atoms with Crippen molar-refractivity contribution in [3.05, 3.63) is 65.7 Å². The van der Waals surface area contributed by atoms with Gasteiger partial charge >= 0.3 is 0 Å². The predicted octanol–water partition coefficient (Wildman–Crippen LogP) is 1.73. The third-order valence-corrected chi connectivity index (χ3v) is 3.11. The summed E-state index contributed by atoms with van der Waals surface area (Å²) in [5, 5.41) is 18.3. The van der Waals surface area contributed by atoms with Crippen LogP contribution in [-0.2, 0) is 11.2 Å². The summed E-state index contributed by atoms with van der Waals surface area (Å²) < 4.78 is 0. The molecule has 3 N–H and O–H groups in total. The van der Waals surface area contributed by atoms with Crippen LogP contribution in [0.2, 0.25) is 0 Å². The van der Waals surface area contributed by atoms with Crippen LogP contribution in [0.4, 0.5) is 0 Å². The minimum absolute atomic E-state index is 0.110. The number of rotatable bonds is 6. The van der Waals surface area contributed by atoms with Crippen molar-refractivity contribution < 1.29 is 19.9 Å². The van der Waals surface area contributed by atoms with E-state index in [1.807, 2.05) is 5.48 Å². The molecule has 0 fully saturated rings. The fraction of sp³-hybridized carbons (Fsp3) is 0.125. The average Bonchev–Trinajstić information content (AvgIpc) is 2.54. The Morgan fingerprint density at radius 2 is 1.62 bits per heavy atom. The van der Waals surface area contributed by atoms with Gasteiger partial charge in [0, 0.05) is 5.56 Å². The first-order valence-corrected chi connectivity index (χ1v) is 6.43. The Labute approximate surface area is 121 Å². The average molecular weight is 285 g/mol. The maximum absolute atomic E-state index is 12.1. The zero-order valence-electron chi connectivity index (χ0n) is 11.2. The number of hydrogen-bond donors (Lipinski definition) is 3. The Morgan fingerprint density at radius 1 is 1.00 bits per heavy atom. The molecule has 0 spiro atoms. The molecule has 2 rings (SSSR count). The minimum atomic E-state index is -1.03. The molecule has 0 aliphatic rings. The molecule has 0 bridgehead atoms. The number of nitrogens with one attached hydrogen (secondary N) is 1. The third kappa shape index (κ3) is 3.75. The van der Waals surface area contributed by atoms with Gasteiger partial charge in [-0.2, -0.15) is 5.48 Å². The van der Waals surface area contributed by atoms with Crippen LogP contribution in [0.5, 0.6) is 5.75 Å². The number of ketones is 2. The Kier molecular flexibility index (Phi) is 4.81. The number of benzene rings is 2. The van der Waals surface area contributed by atoms with E-state index in [2.05, 4.69) is 0 Å². The van der Waals surface area contributed by atoms with Crippen LogP contribution in [0.25, 0.3) is 0 Å². The van der Waals surface area contributed by atoms with Crippen molar-refractivity contribution in [3.63, 3.8) is 0 Å². The van der Waals surface area contributed by atoms with Crippen LogP contribution in [0.1, 0.15) is 15.9 Å². The van der Waals surface area contributed by atoms with E-state index >= 15 is 0 Å². The van der Waals surface area contributed by atoms with Crippen LogP contribution in [0.15, 0.2) is 54.6 Å². The molecule has 0 amide bonds. The zero-order chi connectivity index (χ0) is 15.2. The van der Waals surface area contributed by atoms with Crippen molar-refractivity contribution in [3.8, 4) is 5.75 Å². The van der Waals surface area contributed by atoms with Gasteiger partial charge in [0.15, 0.2) is 0 Å². The van der Waals surface area contributed by atoms with Crippen molar-refractivity contribution in [1.82, 2.24) is 5.48 Å². The highest BCUT2D eigenvalue weighted by atomic mass is 16.5. The molecule has 1 atom stereocenters. The number of hydrogen-bond acceptors (Lipinski definition) is 5. The van der Waals surface area contributed by atoms with Gasteiger partial charge in [-0.05, 0) is 24.1 Å². The maximum Gasteiger partial charge on any atom is 0.230 e. The second kappa shape index (κ2) is 6.78. The number of aromatic hydroxyl groups is 1. The number of hydroxylamine groups is 1. The van der Waals surface area contributed by atoms with Gasteiger partial charge in [0.25, 0.3) is 0 Å². The van der Waals surface area contributed by atoms with Gasteiger partial charge in [-0.15, -0.1) is 0 Å². The van der Waals surface area contributed by atoms with E-state index in [-0.39, 0.29) is 17.7 Å². The molecule has 108 valence electrons. The van der Waals surface area contributed by atoms with Crippen molar-refractivity contribution >= 4 is 11.6 Å². The molecule has 0 aliphatic heterocycles. The van der Waals surface area contributed by atoms with E-state index < -0.39 is 17.6 Å². The fourth-order valence-corrected chi connectivity index (χ4v) is 1.95. The van der Waals surface area contributed by atoms with Gasteiger partial charge in [0.2, 0.25) is 11.6 Å². The van der Waals surface area contributed by atoms with Crippen LogP contribution in [0, 0.1) is 0 Å². The summed E-state index contributed by atoms with van der Waals surface area (Å²) >= 11 is 0. The molecular weight excluding hydrogens is 270 g/mol. The molecule has 0 saturated heterocycles. The highest BCUT2D eigenvalue weighted by Crippen LogP contribution is 2.12. The first kappa shape index (κ1) is 14.9. The second-order valence-electron chi connectivity index (χ2n) is 4.61.